The highest BCUT2D eigenvalue weighted by molar-refractivity contribution is 9.10. The number of benzene rings is 1. The van der Waals surface area contributed by atoms with Crippen LogP contribution in [0.3, 0.4) is 0 Å². The third-order valence-corrected chi connectivity index (χ3v) is 5.23. The molecule has 3 nitrogen and oxygen atoms in total. The lowest BCUT2D eigenvalue weighted by molar-refractivity contribution is 0.457. The lowest BCUT2D eigenvalue weighted by atomic mass is 10.0. The summed E-state index contributed by atoms with van der Waals surface area (Å²) in [6, 6.07) is 3.79. The van der Waals surface area contributed by atoms with Crippen LogP contribution in [0, 0.1) is 10.8 Å². The molecule has 0 aliphatic heterocycles. The Morgan fingerprint density at radius 3 is 2.39 bits per heavy atom. The minimum atomic E-state index is 0.222. The average molecular weight is 309 g/mol. The maximum absolute atomic E-state index is 5.96. The molecular weight excluding hydrogens is 292 g/mol. The topological polar surface area (TPSA) is 52.0 Å². The first-order valence-corrected chi connectivity index (χ1v) is 6.90. The summed E-state index contributed by atoms with van der Waals surface area (Å²) in [6.45, 7) is 9.02. The largest absolute Gasteiger partial charge is 0.438 e. The molecule has 3 rings (SSSR count). The molecule has 0 bridgehead atoms. The van der Waals surface area contributed by atoms with Gasteiger partial charge in [-0.05, 0) is 23.0 Å². The third-order valence-electron chi connectivity index (χ3n) is 4.77. The summed E-state index contributed by atoms with van der Waals surface area (Å²) in [5, 5.41) is 0. The smallest absolute Gasteiger partial charge is 0.199 e. The normalized spacial score (nSPS) is 21.4. The van der Waals surface area contributed by atoms with Crippen molar-refractivity contribution in [2.45, 2.75) is 33.6 Å². The molecule has 2 aromatic rings. The molecule has 18 heavy (non-hydrogen) atoms. The van der Waals surface area contributed by atoms with E-state index in [2.05, 4.69) is 48.6 Å². The van der Waals surface area contributed by atoms with Crippen LogP contribution in [0.1, 0.15) is 39.5 Å². The van der Waals surface area contributed by atoms with Crippen LogP contribution in [-0.2, 0) is 0 Å². The molecule has 0 amide bonds. The van der Waals surface area contributed by atoms with E-state index in [1.807, 2.05) is 12.1 Å². The van der Waals surface area contributed by atoms with E-state index in [-0.39, 0.29) is 10.8 Å². The van der Waals surface area contributed by atoms with Gasteiger partial charge in [-0.25, -0.2) is 4.98 Å². The number of hydrogen-bond acceptors (Lipinski definition) is 3. The first-order chi connectivity index (χ1) is 8.25. The molecule has 1 aliphatic carbocycles. The van der Waals surface area contributed by atoms with Crippen molar-refractivity contribution in [2.24, 2.45) is 10.8 Å². The third kappa shape index (κ3) is 1.38. The Bertz CT molecular complexity index is 629. The van der Waals surface area contributed by atoms with Crippen LogP contribution in [0.25, 0.3) is 11.1 Å². The van der Waals surface area contributed by atoms with Gasteiger partial charge in [0.15, 0.2) is 11.5 Å². The van der Waals surface area contributed by atoms with Crippen molar-refractivity contribution in [3.8, 4) is 0 Å². The zero-order valence-corrected chi connectivity index (χ0v) is 12.6. The monoisotopic (exact) mass is 308 g/mol. The molecule has 1 aliphatic rings. The van der Waals surface area contributed by atoms with E-state index in [9.17, 15) is 0 Å². The van der Waals surface area contributed by atoms with Gasteiger partial charge >= 0.3 is 0 Å². The lowest BCUT2D eigenvalue weighted by Crippen LogP contribution is -1.95. The number of halogens is 1. The summed E-state index contributed by atoms with van der Waals surface area (Å²) < 4.78 is 6.82. The minimum Gasteiger partial charge on any atom is -0.438 e. The Kier molecular flexibility index (Phi) is 2.20. The van der Waals surface area contributed by atoms with Gasteiger partial charge in [-0.2, -0.15) is 0 Å². The number of nitrogens with zero attached hydrogens (tertiary/aromatic N) is 1. The number of nitrogen functional groups attached to an aromatic ring is 1. The standard InChI is InChI=1S/C14H17BrN2O/c1-13(2)11(14(13,3)4)12-17-9-6-7(15)5-8(16)10(9)18-12/h5-6,11H,16H2,1-4H3. The van der Waals surface area contributed by atoms with E-state index in [1.54, 1.807) is 0 Å². The molecule has 0 radical (unpaired) electrons. The number of anilines is 1. The van der Waals surface area contributed by atoms with Crippen LogP contribution in [0.4, 0.5) is 5.69 Å². The molecule has 0 saturated heterocycles. The molecule has 0 spiro atoms. The van der Waals surface area contributed by atoms with Crippen LogP contribution < -0.4 is 5.73 Å². The molecule has 1 saturated carbocycles. The molecule has 1 fully saturated rings. The fourth-order valence-corrected chi connectivity index (χ4v) is 3.44. The maximum Gasteiger partial charge on any atom is 0.199 e. The van der Waals surface area contributed by atoms with Crippen molar-refractivity contribution in [3.05, 3.63) is 22.5 Å². The molecule has 96 valence electrons. The summed E-state index contributed by atoms with van der Waals surface area (Å²) >= 11 is 3.43. The molecule has 2 N–H and O–H groups in total. The summed E-state index contributed by atoms with van der Waals surface area (Å²) in [6.07, 6.45) is 0. The minimum absolute atomic E-state index is 0.222. The first kappa shape index (κ1) is 12.0. The quantitative estimate of drug-likeness (QED) is 0.798. The second-order valence-electron chi connectivity index (χ2n) is 6.27. The van der Waals surface area contributed by atoms with Gasteiger partial charge in [-0.15, -0.1) is 0 Å². The van der Waals surface area contributed by atoms with Crippen molar-refractivity contribution in [2.75, 3.05) is 5.73 Å². The first-order valence-electron chi connectivity index (χ1n) is 6.10. The maximum atomic E-state index is 5.96. The van der Waals surface area contributed by atoms with E-state index < -0.39 is 0 Å². The predicted octanol–water partition coefficient (Wildman–Crippen LogP) is 4.32. The molecule has 0 unspecified atom stereocenters. The highest BCUT2D eigenvalue weighted by Gasteiger charge is 2.67. The highest BCUT2D eigenvalue weighted by Crippen LogP contribution is 2.73. The van der Waals surface area contributed by atoms with Crippen LogP contribution in [0.15, 0.2) is 21.0 Å². The van der Waals surface area contributed by atoms with Crippen molar-refractivity contribution >= 4 is 32.7 Å². The van der Waals surface area contributed by atoms with E-state index in [1.165, 1.54) is 0 Å². The van der Waals surface area contributed by atoms with E-state index in [0.717, 1.165) is 15.9 Å². The van der Waals surface area contributed by atoms with Gasteiger partial charge in [-0.3, -0.25) is 0 Å². The van der Waals surface area contributed by atoms with Gasteiger partial charge in [0.2, 0.25) is 0 Å². The van der Waals surface area contributed by atoms with Crippen LogP contribution in [0.2, 0.25) is 0 Å². The second kappa shape index (κ2) is 3.29. The Morgan fingerprint density at radius 2 is 1.83 bits per heavy atom. The molecule has 1 heterocycles. The second-order valence-corrected chi connectivity index (χ2v) is 7.19. The van der Waals surface area contributed by atoms with Crippen LogP contribution in [0.5, 0.6) is 0 Å². The number of nitrogens with two attached hydrogens (primary N) is 1. The summed E-state index contributed by atoms with van der Waals surface area (Å²) in [5.74, 6) is 1.17. The SMILES string of the molecule is CC1(C)C(c2nc3cc(Br)cc(N)c3o2)C1(C)C. The Hall–Kier alpha value is -1.03. The molecule has 0 atom stereocenters. The van der Waals surface area contributed by atoms with Crippen molar-refractivity contribution in [1.82, 2.24) is 4.98 Å². The van der Waals surface area contributed by atoms with E-state index >= 15 is 0 Å². The molecule has 4 heteroatoms. The summed E-state index contributed by atoms with van der Waals surface area (Å²) in [4.78, 5) is 4.61. The number of aromatic nitrogens is 1. The van der Waals surface area contributed by atoms with Crippen LogP contribution >= 0.6 is 15.9 Å². The zero-order chi connectivity index (χ0) is 13.3. The average Bonchev–Trinajstić information content (AvgIpc) is 2.57. The van der Waals surface area contributed by atoms with Gasteiger partial charge in [0, 0.05) is 10.4 Å². The zero-order valence-electron chi connectivity index (χ0n) is 11.0. The highest BCUT2D eigenvalue weighted by atomic mass is 79.9. The lowest BCUT2D eigenvalue weighted by Gasteiger charge is -2.03. The fourth-order valence-electron chi connectivity index (χ4n) is 2.98. The van der Waals surface area contributed by atoms with Crippen molar-refractivity contribution in [3.63, 3.8) is 0 Å². The predicted molar refractivity (Wildman–Crippen MR) is 76.4 cm³/mol. The van der Waals surface area contributed by atoms with Crippen LogP contribution in [-0.4, -0.2) is 4.98 Å². The molecule has 1 aromatic heterocycles. The van der Waals surface area contributed by atoms with Gasteiger partial charge < -0.3 is 10.2 Å². The fraction of sp³-hybridized carbons (Fsp3) is 0.500. The number of hydrogen-bond donors (Lipinski definition) is 1. The van der Waals surface area contributed by atoms with Crippen molar-refractivity contribution < 1.29 is 4.42 Å². The Balaban J connectivity index is 2.14. The number of oxazole rings is 1. The summed E-state index contributed by atoms with van der Waals surface area (Å²) in [7, 11) is 0. The molecular formula is C14H17BrN2O. The number of rotatable bonds is 1. The Labute approximate surface area is 115 Å². The van der Waals surface area contributed by atoms with E-state index in [0.29, 0.717) is 17.2 Å². The van der Waals surface area contributed by atoms with Gasteiger partial charge in [0.25, 0.3) is 0 Å². The number of fused-ring (bicyclic) bond motifs is 1. The summed E-state index contributed by atoms with van der Waals surface area (Å²) in [5.41, 5.74) is 8.57. The van der Waals surface area contributed by atoms with Gasteiger partial charge in [-0.1, -0.05) is 43.6 Å². The Morgan fingerprint density at radius 1 is 1.22 bits per heavy atom. The van der Waals surface area contributed by atoms with E-state index in [4.69, 9.17) is 10.2 Å². The van der Waals surface area contributed by atoms with Crippen molar-refractivity contribution in [1.29, 1.82) is 0 Å². The molecule has 1 aromatic carbocycles. The van der Waals surface area contributed by atoms with Gasteiger partial charge in [0.1, 0.15) is 5.52 Å². The van der Waals surface area contributed by atoms with Gasteiger partial charge in [0.05, 0.1) is 5.69 Å².